The Balaban J connectivity index is 2.15. The lowest BCUT2D eigenvalue weighted by atomic mass is 10.2. The maximum absolute atomic E-state index is 11.3. The van der Waals surface area contributed by atoms with Gasteiger partial charge in [0, 0.05) is 12.3 Å². The summed E-state index contributed by atoms with van der Waals surface area (Å²) in [5, 5.41) is 2.71. The fourth-order valence-electron chi connectivity index (χ4n) is 1.33. The van der Waals surface area contributed by atoms with Crippen molar-refractivity contribution in [2.45, 2.75) is 6.42 Å². The van der Waals surface area contributed by atoms with Crippen LogP contribution in [0.1, 0.15) is 6.42 Å². The Morgan fingerprint density at radius 2 is 2.33 bits per heavy atom. The normalized spacial score (nSPS) is 12.6. The Morgan fingerprint density at radius 3 is 3.13 bits per heavy atom. The van der Waals surface area contributed by atoms with Crippen molar-refractivity contribution in [1.82, 2.24) is 0 Å². The lowest BCUT2D eigenvalue weighted by Crippen LogP contribution is -2.12. The highest BCUT2D eigenvalue weighted by molar-refractivity contribution is 6.19. The largest absolute Gasteiger partial charge is 0.454 e. The van der Waals surface area contributed by atoms with Gasteiger partial charge in [0.1, 0.15) is 0 Å². The van der Waals surface area contributed by atoms with E-state index in [0.717, 1.165) is 0 Å². The number of para-hydroxylation sites is 1. The van der Waals surface area contributed by atoms with Gasteiger partial charge in [0.25, 0.3) is 0 Å². The molecule has 0 saturated heterocycles. The Morgan fingerprint density at radius 1 is 1.47 bits per heavy atom. The zero-order valence-corrected chi connectivity index (χ0v) is 8.71. The molecule has 0 aliphatic carbocycles. The van der Waals surface area contributed by atoms with Crippen LogP contribution in [-0.2, 0) is 4.79 Å². The molecule has 0 unspecified atom stereocenters. The van der Waals surface area contributed by atoms with Crippen molar-refractivity contribution in [1.29, 1.82) is 0 Å². The summed E-state index contributed by atoms with van der Waals surface area (Å²) >= 11 is 5.46. The lowest BCUT2D eigenvalue weighted by molar-refractivity contribution is -0.115. The van der Waals surface area contributed by atoms with Crippen LogP contribution in [0, 0.1) is 0 Å². The molecule has 0 bridgehead atoms. The summed E-state index contributed by atoms with van der Waals surface area (Å²) in [5.74, 6) is 1.41. The van der Waals surface area contributed by atoms with Crippen molar-refractivity contribution in [2.24, 2.45) is 0 Å². The summed E-state index contributed by atoms with van der Waals surface area (Å²) in [6, 6.07) is 5.35. The number of nitrogens with one attached hydrogen (secondary N) is 1. The molecule has 0 radical (unpaired) electrons. The van der Waals surface area contributed by atoms with Crippen molar-refractivity contribution >= 4 is 23.2 Å². The molecule has 1 amide bonds. The number of carbonyl (C=O) groups is 1. The number of ether oxygens (including phenoxy) is 2. The first-order valence-corrected chi connectivity index (χ1v) is 5.09. The molecule has 0 saturated carbocycles. The minimum absolute atomic E-state index is 0.131. The third kappa shape index (κ3) is 2.15. The van der Waals surface area contributed by atoms with Gasteiger partial charge in [0.15, 0.2) is 11.5 Å². The molecule has 1 N–H and O–H groups in total. The van der Waals surface area contributed by atoms with E-state index in [1.54, 1.807) is 18.2 Å². The second kappa shape index (κ2) is 4.40. The number of fused-ring (bicyclic) bond motifs is 1. The van der Waals surface area contributed by atoms with Crippen molar-refractivity contribution in [3.05, 3.63) is 18.2 Å². The quantitative estimate of drug-likeness (QED) is 0.804. The molecule has 1 aliphatic heterocycles. The monoisotopic (exact) mass is 227 g/mol. The van der Waals surface area contributed by atoms with E-state index < -0.39 is 0 Å². The zero-order valence-electron chi connectivity index (χ0n) is 7.96. The number of benzene rings is 1. The number of amides is 1. The van der Waals surface area contributed by atoms with Crippen molar-refractivity contribution in [3.8, 4) is 11.5 Å². The molecular weight excluding hydrogens is 218 g/mol. The van der Waals surface area contributed by atoms with E-state index in [2.05, 4.69) is 5.32 Å². The predicted octanol–water partition coefficient (Wildman–Crippen LogP) is 1.98. The molecule has 0 atom stereocenters. The van der Waals surface area contributed by atoms with Crippen LogP contribution >= 0.6 is 11.6 Å². The molecule has 80 valence electrons. The van der Waals surface area contributed by atoms with Crippen LogP contribution < -0.4 is 14.8 Å². The van der Waals surface area contributed by atoms with E-state index in [1.165, 1.54) is 0 Å². The van der Waals surface area contributed by atoms with Crippen molar-refractivity contribution < 1.29 is 14.3 Å². The molecule has 15 heavy (non-hydrogen) atoms. The first-order valence-electron chi connectivity index (χ1n) is 4.55. The molecule has 2 rings (SSSR count). The van der Waals surface area contributed by atoms with Gasteiger partial charge < -0.3 is 14.8 Å². The van der Waals surface area contributed by atoms with Gasteiger partial charge in [-0.3, -0.25) is 4.79 Å². The number of anilines is 1. The topological polar surface area (TPSA) is 47.6 Å². The van der Waals surface area contributed by atoms with Gasteiger partial charge in [0.2, 0.25) is 12.7 Å². The van der Waals surface area contributed by atoms with E-state index in [-0.39, 0.29) is 19.1 Å². The number of hydrogen-bond donors (Lipinski definition) is 1. The van der Waals surface area contributed by atoms with Crippen molar-refractivity contribution in [2.75, 3.05) is 18.0 Å². The molecule has 4 nitrogen and oxygen atoms in total. The van der Waals surface area contributed by atoms with Crippen molar-refractivity contribution in [3.63, 3.8) is 0 Å². The number of carbonyl (C=O) groups excluding carboxylic acids is 1. The Hall–Kier alpha value is -1.42. The first kappa shape index (κ1) is 10.1. The molecule has 0 fully saturated rings. The summed E-state index contributed by atoms with van der Waals surface area (Å²) in [6.07, 6.45) is 0.284. The highest BCUT2D eigenvalue weighted by Gasteiger charge is 2.18. The van der Waals surface area contributed by atoms with Crippen LogP contribution in [0.25, 0.3) is 0 Å². The molecule has 1 aromatic carbocycles. The molecule has 1 aromatic rings. The average Bonchev–Trinajstić information content (AvgIpc) is 2.67. The van der Waals surface area contributed by atoms with Gasteiger partial charge in [-0.15, -0.1) is 11.6 Å². The Labute approximate surface area is 92.1 Å². The van der Waals surface area contributed by atoms with Crippen LogP contribution in [0.2, 0.25) is 0 Å². The SMILES string of the molecule is O=C(CCCl)Nc1cccc2c1OCO2. The predicted molar refractivity (Wildman–Crippen MR) is 56.5 cm³/mol. The van der Waals surface area contributed by atoms with Gasteiger partial charge in [-0.1, -0.05) is 6.07 Å². The Bertz CT molecular complexity index is 381. The Kier molecular flexibility index (Phi) is 2.97. The summed E-state index contributed by atoms with van der Waals surface area (Å²) in [5.41, 5.74) is 0.625. The van der Waals surface area contributed by atoms with Gasteiger partial charge in [-0.25, -0.2) is 0 Å². The average molecular weight is 228 g/mol. The summed E-state index contributed by atoms with van der Waals surface area (Å²) < 4.78 is 10.4. The second-order valence-corrected chi connectivity index (χ2v) is 3.40. The summed E-state index contributed by atoms with van der Waals surface area (Å²) in [7, 11) is 0. The maximum atomic E-state index is 11.3. The van der Waals surface area contributed by atoms with Crippen LogP contribution in [0.15, 0.2) is 18.2 Å². The van der Waals surface area contributed by atoms with Crippen LogP contribution in [-0.4, -0.2) is 18.6 Å². The highest BCUT2D eigenvalue weighted by atomic mass is 35.5. The summed E-state index contributed by atoms with van der Waals surface area (Å²) in [6.45, 7) is 0.192. The summed E-state index contributed by atoms with van der Waals surface area (Å²) in [4.78, 5) is 11.3. The smallest absolute Gasteiger partial charge is 0.231 e. The van der Waals surface area contributed by atoms with E-state index in [4.69, 9.17) is 21.1 Å². The highest BCUT2D eigenvalue weighted by Crippen LogP contribution is 2.38. The van der Waals surface area contributed by atoms with Crippen LogP contribution in [0.4, 0.5) is 5.69 Å². The molecule has 1 aliphatic rings. The maximum Gasteiger partial charge on any atom is 0.231 e. The van der Waals surface area contributed by atoms with E-state index in [9.17, 15) is 4.79 Å². The first-order chi connectivity index (χ1) is 7.31. The van der Waals surface area contributed by atoms with Gasteiger partial charge in [-0.05, 0) is 12.1 Å². The molecule has 5 heteroatoms. The van der Waals surface area contributed by atoms with Crippen LogP contribution in [0.3, 0.4) is 0 Å². The zero-order chi connectivity index (χ0) is 10.7. The molecular formula is C10H10ClNO3. The standard InChI is InChI=1S/C10H10ClNO3/c11-5-4-9(13)12-7-2-1-3-8-10(7)15-6-14-8/h1-3H,4-6H2,(H,12,13). The minimum atomic E-state index is -0.131. The van der Waals surface area contributed by atoms with E-state index >= 15 is 0 Å². The minimum Gasteiger partial charge on any atom is -0.454 e. The number of rotatable bonds is 3. The third-order valence-corrected chi connectivity index (χ3v) is 2.18. The molecule has 1 heterocycles. The lowest BCUT2D eigenvalue weighted by Gasteiger charge is -2.06. The van der Waals surface area contributed by atoms with Crippen LogP contribution in [0.5, 0.6) is 11.5 Å². The van der Waals surface area contributed by atoms with E-state index in [1.807, 2.05) is 0 Å². The number of halogens is 1. The van der Waals surface area contributed by atoms with Gasteiger partial charge >= 0.3 is 0 Å². The second-order valence-electron chi connectivity index (χ2n) is 3.03. The third-order valence-electron chi connectivity index (χ3n) is 1.99. The fourth-order valence-corrected chi connectivity index (χ4v) is 1.50. The van der Waals surface area contributed by atoms with E-state index in [0.29, 0.717) is 23.1 Å². The number of alkyl halides is 1. The fraction of sp³-hybridized carbons (Fsp3) is 0.300. The number of hydrogen-bond acceptors (Lipinski definition) is 3. The van der Waals surface area contributed by atoms with Gasteiger partial charge in [-0.2, -0.15) is 0 Å². The van der Waals surface area contributed by atoms with Gasteiger partial charge in [0.05, 0.1) is 5.69 Å². The molecule has 0 aromatic heterocycles. The molecule has 0 spiro atoms.